The molecular weight excluding hydrogens is 206 g/mol. The summed E-state index contributed by atoms with van der Waals surface area (Å²) in [6.07, 6.45) is 1.11. The number of carbonyl (C=O) groups excluding carboxylic acids is 1. The Labute approximate surface area is 94.6 Å². The smallest absolute Gasteiger partial charge is 0.341 e. The monoisotopic (exact) mass is 221 g/mol. The number of ether oxygens (including phenoxy) is 2. The van der Waals surface area contributed by atoms with E-state index in [1.54, 1.807) is 18.2 Å². The standard InChI is InChI=1S/C12H15NO3/c1-15-12(14)10-4-2-3-5-11(10)16-9-6-7-13-8-9/h2-5,9,13H,6-8H2,1H3/t9-/m0/s1. The van der Waals surface area contributed by atoms with Crippen LogP contribution in [0.5, 0.6) is 5.75 Å². The van der Waals surface area contributed by atoms with Crippen LogP contribution in [0.25, 0.3) is 0 Å². The molecule has 1 atom stereocenters. The maximum Gasteiger partial charge on any atom is 0.341 e. The second kappa shape index (κ2) is 4.99. The molecule has 1 heterocycles. The van der Waals surface area contributed by atoms with Gasteiger partial charge in [0.2, 0.25) is 0 Å². The molecular formula is C12H15NO3. The lowest BCUT2D eigenvalue weighted by Gasteiger charge is -2.14. The molecule has 0 unspecified atom stereocenters. The summed E-state index contributed by atoms with van der Waals surface area (Å²) in [6, 6.07) is 7.16. The summed E-state index contributed by atoms with van der Waals surface area (Å²) < 4.78 is 10.5. The highest BCUT2D eigenvalue weighted by molar-refractivity contribution is 5.92. The number of hydrogen-bond acceptors (Lipinski definition) is 4. The molecule has 4 nitrogen and oxygen atoms in total. The highest BCUT2D eigenvalue weighted by Gasteiger charge is 2.19. The predicted molar refractivity (Wildman–Crippen MR) is 59.7 cm³/mol. The summed E-state index contributed by atoms with van der Waals surface area (Å²) in [5.41, 5.74) is 0.483. The summed E-state index contributed by atoms with van der Waals surface area (Å²) in [4.78, 5) is 11.5. The Morgan fingerprint density at radius 2 is 2.25 bits per heavy atom. The minimum Gasteiger partial charge on any atom is -0.488 e. The van der Waals surface area contributed by atoms with Crippen LogP contribution in [-0.4, -0.2) is 32.3 Å². The molecule has 4 heteroatoms. The summed E-state index contributed by atoms with van der Waals surface area (Å²) >= 11 is 0. The van der Waals surface area contributed by atoms with Gasteiger partial charge in [-0.05, 0) is 25.1 Å². The molecule has 86 valence electrons. The van der Waals surface area contributed by atoms with Crippen molar-refractivity contribution in [1.29, 1.82) is 0 Å². The molecule has 16 heavy (non-hydrogen) atoms. The Hall–Kier alpha value is -1.55. The first kappa shape index (κ1) is 11.0. The molecule has 0 amide bonds. The minimum absolute atomic E-state index is 0.144. The van der Waals surface area contributed by atoms with Crippen LogP contribution >= 0.6 is 0 Å². The molecule has 1 aromatic carbocycles. The van der Waals surface area contributed by atoms with Crippen molar-refractivity contribution in [2.75, 3.05) is 20.2 Å². The molecule has 1 N–H and O–H groups in total. The topological polar surface area (TPSA) is 47.6 Å². The molecule has 1 aliphatic rings. The lowest BCUT2D eigenvalue weighted by atomic mass is 10.2. The van der Waals surface area contributed by atoms with E-state index < -0.39 is 0 Å². The molecule has 1 aromatic rings. The predicted octanol–water partition coefficient (Wildman–Crippen LogP) is 1.21. The summed E-state index contributed by atoms with van der Waals surface area (Å²) in [5.74, 6) is 0.240. The fourth-order valence-corrected chi connectivity index (χ4v) is 1.76. The Morgan fingerprint density at radius 1 is 1.44 bits per heavy atom. The molecule has 0 aromatic heterocycles. The molecule has 0 spiro atoms. The van der Waals surface area contributed by atoms with Gasteiger partial charge in [0.05, 0.1) is 7.11 Å². The number of nitrogens with one attached hydrogen (secondary N) is 1. The van der Waals surface area contributed by atoms with Crippen molar-refractivity contribution in [3.05, 3.63) is 29.8 Å². The van der Waals surface area contributed by atoms with Crippen LogP contribution in [0.4, 0.5) is 0 Å². The van der Waals surface area contributed by atoms with Crippen molar-refractivity contribution in [3.63, 3.8) is 0 Å². The van der Waals surface area contributed by atoms with E-state index >= 15 is 0 Å². The minimum atomic E-state index is -0.360. The number of para-hydroxylation sites is 1. The third-order valence-corrected chi connectivity index (χ3v) is 2.60. The Kier molecular flexibility index (Phi) is 3.41. The Morgan fingerprint density at radius 3 is 2.94 bits per heavy atom. The van der Waals surface area contributed by atoms with Gasteiger partial charge < -0.3 is 14.8 Å². The molecule has 1 saturated heterocycles. The highest BCUT2D eigenvalue weighted by atomic mass is 16.5. The average molecular weight is 221 g/mol. The van der Waals surface area contributed by atoms with Gasteiger partial charge in [0, 0.05) is 6.54 Å². The lowest BCUT2D eigenvalue weighted by molar-refractivity contribution is 0.0593. The van der Waals surface area contributed by atoms with Crippen molar-refractivity contribution in [3.8, 4) is 5.75 Å². The normalized spacial score (nSPS) is 19.4. The van der Waals surface area contributed by atoms with Crippen LogP contribution in [0.3, 0.4) is 0 Å². The average Bonchev–Trinajstić information content (AvgIpc) is 2.82. The third kappa shape index (κ3) is 2.33. The van der Waals surface area contributed by atoms with Crippen LogP contribution in [0.1, 0.15) is 16.8 Å². The quantitative estimate of drug-likeness (QED) is 0.779. The molecule has 1 aliphatic heterocycles. The number of rotatable bonds is 3. The van der Waals surface area contributed by atoms with Crippen molar-refractivity contribution in [2.45, 2.75) is 12.5 Å². The van der Waals surface area contributed by atoms with E-state index in [1.165, 1.54) is 7.11 Å². The molecule has 0 bridgehead atoms. The third-order valence-electron chi connectivity index (χ3n) is 2.60. The first-order valence-electron chi connectivity index (χ1n) is 5.36. The van der Waals surface area contributed by atoms with E-state index in [0.717, 1.165) is 19.5 Å². The molecule has 1 fully saturated rings. The van der Waals surface area contributed by atoms with Crippen LogP contribution in [-0.2, 0) is 4.74 Å². The van der Waals surface area contributed by atoms with Crippen LogP contribution in [0.15, 0.2) is 24.3 Å². The number of carbonyl (C=O) groups is 1. The number of benzene rings is 1. The van der Waals surface area contributed by atoms with Gasteiger partial charge in [-0.1, -0.05) is 12.1 Å². The molecule has 2 rings (SSSR count). The second-order valence-corrected chi connectivity index (χ2v) is 3.72. The van der Waals surface area contributed by atoms with Crippen molar-refractivity contribution >= 4 is 5.97 Å². The van der Waals surface area contributed by atoms with E-state index in [2.05, 4.69) is 5.32 Å². The Bertz CT molecular complexity index is 372. The summed E-state index contributed by atoms with van der Waals surface area (Å²) in [7, 11) is 1.37. The zero-order valence-electron chi connectivity index (χ0n) is 9.23. The SMILES string of the molecule is COC(=O)c1ccccc1O[C@H]1CCNC1. The number of esters is 1. The van der Waals surface area contributed by atoms with Gasteiger partial charge in [-0.15, -0.1) is 0 Å². The first-order chi connectivity index (χ1) is 7.81. The van der Waals surface area contributed by atoms with Gasteiger partial charge in [0.25, 0.3) is 0 Å². The maximum atomic E-state index is 11.5. The zero-order chi connectivity index (χ0) is 11.4. The van der Waals surface area contributed by atoms with E-state index in [-0.39, 0.29) is 12.1 Å². The van der Waals surface area contributed by atoms with Gasteiger partial charge >= 0.3 is 5.97 Å². The van der Waals surface area contributed by atoms with E-state index in [0.29, 0.717) is 11.3 Å². The second-order valence-electron chi connectivity index (χ2n) is 3.72. The number of hydrogen-bond donors (Lipinski definition) is 1. The van der Waals surface area contributed by atoms with E-state index in [9.17, 15) is 4.79 Å². The fourth-order valence-electron chi connectivity index (χ4n) is 1.76. The van der Waals surface area contributed by atoms with E-state index in [4.69, 9.17) is 9.47 Å². The van der Waals surface area contributed by atoms with E-state index in [1.807, 2.05) is 6.07 Å². The van der Waals surface area contributed by atoms with Gasteiger partial charge in [-0.2, -0.15) is 0 Å². The van der Waals surface area contributed by atoms with Crippen LogP contribution < -0.4 is 10.1 Å². The van der Waals surface area contributed by atoms with Crippen molar-refractivity contribution < 1.29 is 14.3 Å². The lowest BCUT2D eigenvalue weighted by Crippen LogP contribution is -2.20. The number of methoxy groups -OCH3 is 1. The Balaban J connectivity index is 2.15. The molecule has 0 aliphatic carbocycles. The van der Waals surface area contributed by atoms with Crippen LogP contribution in [0.2, 0.25) is 0 Å². The largest absolute Gasteiger partial charge is 0.488 e. The zero-order valence-corrected chi connectivity index (χ0v) is 9.23. The first-order valence-corrected chi connectivity index (χ1v) is 5.36. The highest BCUT2D eigenvalue weighted by Crippen LogP contribution is 2.21. The van der Waals surface area contributed by atoms with Gasteiger partial charge in [0.15, 0.2) is 0 Å². The maximum absolute atomic E-state index is 11.5. The van der Waals surface area contributed by atoms with Gasteiger partial charge in [-0.3, -0.25) is 0 Å². The van der Waals surface area contributed by atoms with Crippen molar-refractivity contribution in [1.82, 2.24) is 5.32 Å². The van der Waals surface area contributed by atoms with Crippen molar-refractivity contribution in [2.24, 2.45) is 0 Å². The summed E-state index contributed by atoms with van der Waals surface area (Å²) in [6.45, 7) is 1.79. The summed E-state index contributed by atoms with van der Waals surface area (Å²) in [5, 5.41) is 3.21. The van der Waals surface area contributed by atoms with Gasteiger partial charge in [0.1, 0.15) is 17.4 Å². The van der Waals surface area contributed by atoms with Gasteiger partial charge in [-0.25, -0.2) is 4.79 Å². The molecule has 0 radical (unpaired) electrons. The molecule has 0 saturated carbocycles. The van der Waals surface area contributed by atoms with Crippen LogP contribution in [0, 0.1) is 0 Å². The fraction of sp³-hybridized carbons (Fsp3) is 0.417.